The second kappa shape index (κ2) is 13.6. The van der Waals surface area contributed by atoms with Crippen LogP contribution < -0.4 is 21.7 Å². The van der Waals surface area contributed by atoms with Crippen molar-refractivity contribution < 1.29 is 28.7 Å². The average molecular weight is 633 g/mol. The topological polar surface area (TPSA) is 166 Å². The van der Waals surface area contributed by atoms with Gasteiger partial charge in [-0.2, -0.15) is 0 Å². The summed E-state index contributed by atoms with van der Waals surface area (Å²) in [5, 5.41) is 8.71. The van der Waals surface area contributed by atoms with Crippen molar-refractivity contribution >= 4 is 29.5 Å². The maximum absolute atomic E-state index is 14.3. The number of epoxide rings is 1. The van der Waals surface area contributed by atoms with Crippen molar-refractivity contribution in [3.05, 3.63) is 0 Å². The van der Waals surface area contributed by atoms with Crippen molar-refractivity contribution in [2.45, 2.75) is 130 Å². The fourth-order valence-corrected chi connectivity index (χ4v) is 6.48. The van der Waals surface area contributed by atoms with E-state index in [0.717, 1.165) is 25.7 Å². The van der Waals surface area contributed by atoms with Gasteiger partial charge in [-0.15, -0.1) is 0 Å². The number of urea groups is 1. The van der Waals surface area contributed by atoms with Crippen molar-refractivity contribution in [1.29, 1.82) is 0 Å². The van der Waals surface area contributed by atoms with Crippen LogP contribution in [0.5, 0.6) is 0 Å². The number of ether oxygens (including phenoxy) is 1. The number of hydrogen-bond acceptors (Lipinski definition) is 7. The predicted octanol–water partition coefficient (Wildman–Crippen LogP) is 2.15. The Morgan fingerprint density at radius 3 is 1.87 bits per heavy atom. The zero-order chi connectivity index (χ0) is 33.4. The molecule has 0 aromatic rings. The third-order valence-corrected chi connectivity index (χ3v) is 9.79. The molecule has 4 aliphatic rings. The second-order valence-corrected chi connectivity index (χ2v) is 16.2. The molecule has 4 fully saturated rings. The fourth-order valence-electron chi connectivity index (χ4n) is 6.48. The summed E-state index contributed by atoms with van der Waals surface area (Å²) in [4.78, 5) is 71.5. The van der Waals surface area contributed by atoms with E-state index >= 15 is 0 Å². The molecule has 3 heterocycles. The first-order valence-electron chi connectivity index (χ1n) is 16.8. The van der Waals surface area contributed by atoms with Gasteiger partial charge >= 0.3 is 6.03 Å². The van der Waals surface area contributed by atoms with Crippen LogP contribution in [0.15, 0.2) is 0 Å². The summed E-state index contributed by atoms with van der Waals surface area (Å²) in [5.41, 5.74) is 4.51. The van der Waals surface area contributed by atoms with Gasteiger partial charge in [0.2, 0.25) is 17.7 Å². The number of likely N-dealkylation sites (tertiary alicyclic amines) is 2. The van der Waals surface area contributed by atoms with Gasteiger partial charge in [0, 0.05) is 19.6 Å². The number of nitrogens with two attached hydrogens (primary N) is 1. The molecule has 3 aliphatic heterocycles. The monoisotopic (exact) mass is 632 g/mol. The minimum atomic E-state index is -0.969. The summed E-state index contributed by atoms with van der Waals surface area (Å²) in [6.07, 6.45) is 3.55. The highest BCUT2D eigenvalue weighted by atomic mass is 16.6. The highest BCUT2D eigenvalue weighted by Crippen LogP contribution is 2.36. The van der Waals surface area contributed by atoms with Crippen molar-refractivity contribution in [1.82, 2.24) is 25.8 Å². The Hall–Kier alpha value is -2.73. The SMILES string of the molecule is CC(C)[C@@H]1C[C@@H](C(=O)NC(CC2CC2)C(=O)C2OC2N)N(C(=O)[C@@H](NC(=O)N[C@H](C(=O)N2CCCC2)C(C)(C)C)C(C)(C)C)C1. The zero-order valence-electron chi connectivity index (χ0n) is 28.5. The van der Waals surface area contributed by atoms with E-state index in [0.29, 0.717) is 38.4 Å². The van der Waals surface area contributed by atoms with E-state index in [-0.39, 0.29) is 35.3 Å². The smallest absolute Gasteiger partial charge is 0.316 e. The lowest BCUT2D eigenvalue weighted by atomic mass is 9.85. The molecule has 4 rings (SSSR count). The third kappa shape index (κ3) is 8.75. The van der Waals surface area contributed by atoms with Crippen molar-refractivity contribution in [2.75, 3.05) is 19.6 Å². The summed E-state index contributed by atoms with van der Waals surface area (Å²) < 4.78 is 5.22. The van der Waals surface area contributed by atoms with Gasteiger partial charge in [-0.25, -0.2) is 4.79 Å². The number of carbonyl (C=O) groups excluding carboxylic acids is 5. The Morgan fingerprint density at radius 2 is 1.40 bits per heavy atom. The van der Waals surface area contributed by atoms with Crippen LogP contribution in [-0.2, 0) is 23.9 Å². The summed E-state index contributed by atoms with van der Waals surface area (Å²) in [5.74, 6) is -0.424. The molecule has 1 aliphatic carbocycles. The molecular weight excluding hydrogens is 576 g/mol. The van der Waals surface area contributed by atoms with Gasteiger partial charge in [0.1, 0.15) is 24.4 Å². The van der Waals surface area contributed by atoms with Crippen LogP contribution in [-0.4, -0.2) is 95.5 Å². The first-order valence-corrected chi connectivity index (χ1v) is 16.8. The molecule has 7 atom stereocenters. The Labute approximate surface area is 268 Å². The van der Waals surface area contributed by atoms with Crippen molar-refractivity contribution in [2.24, 2.45) is 34.3 Å². The lowest BCUT2D eigenvalue weighted by Crippen LogP contribution is -2.62. The summed E-state index contributed by atoms with van der Waals surface area (Å²) in [6, 6.07) is -3.85. The molecule has 12 nitrogen and oxygen atoms in total. The van der Waals surface area contributed by atoms with E-state index in [1.54, 1.807) is 9.80 Å². The molecule has 1 saturated carbocycles. The molecule has 3 unspecified atom stereocenters. The number of ketones is 1. The van der Waals surface area contributed by atoms with E-state index in [2.05, 4.69) is 29.8 Å². The lowest BCUT2D eigenvalue weighted by Gasteiger charge is -2.37. The van der Waals surface area contributed by atoms with Crippen LogP contribution in [0.25, 0.3) is 0 Å². The maximum Gasteiger partial charge on any atom is 0.316 e. The Kier molecular flexibility index (Phi) is 10.6. The van der Waals surface area contributed by atoms with E-state index < -0.39 is 53.4 Å². The van der Waals surface area contributed by atoms with Crippen LogP contribution in [0.1, 0.15) is 93.9 Å². The van der Waals surface area contributed by atoms with Crippen LogP contribution in [0.3, 0.4) is 0 Å². The lowest BCUT2D eigenvalue weighted by molar-refractivity contribution is -0.142. The molecule has 254 valence electrons. The summed E-state index contributed by atoms with van der Waals surface area (Å²) in [7, 11) is 0. The van der Waals surface area contributed by atoms with Gasteiger partial charge in [-0.1, -0.05) is 68.2 Å². The van der Waals surface area contributed by atoms with Gasteiger partial charge in [0.25, 0.3) is 0 Å². The molecule has 5 amide bonds. The van der Waals surface area contributed by atoms with Crippen molar-refractivity contribution in [3.63, 3.8) is 0 Å². The number of rotatable bonds is 11. The largest absolute Gasteiger partial charge is 0.345 e. The fraction of sp³-hybridized carbons (Fsp3) is 0.848. The number of amides is 5. The van der Waals surface area contributed by atoms with Crippen molar-refractivity contribution in [3.8, 4) is 0 Å². The van der Waals surface area contributed by atoms with Gasteiger partial charge in [0.05, 0.1) is 6.04 Å². The van der Waals surface area contributed by atoms with Crippen LogP contribution >= 0.6 is 0 Å². The first kappa shape index (κ1) is 35.1. The molecule has 3 saturated heterocycles. The van der Waals surface area contributed by atoms with E-state index in [9.17, 15) is 24.0 Å². The number of Topliss-reactive ketones (excluding diaryl/α,β-unsaturated/α-hetero) is 1. The Balaban J connectivity index is 1.51. The number of carbonyl (C=O) groups is 5. The zero-order valence-corrected chi connectivity index (χ0v) is 28.5. The summed E-state index contributed by atoms with van der Waals surface area (Å²) in [6.45, 7) is 17.1. The molecule has 0 radical (unpaired) electrons. The van der Waals surface area contributed by atoms with Gasteiger partial charge in [-0.3, -0.25) is 19.2 Å². The van der Waals surface area contributed by atoms with Crippen LogP contribution in [0.4, 0.5) is 4.79 Å². The minimum absolute atomic E-state index is 0.0697. The molecule has 12 heteroatoms. The molecule has 0 bridgehead atoms. The van der Waals surface area contributed by atoms with Crippen LogP contribution in [0, 0.1) is 28.6 Å². The van der Waals surface area contributed by atoms with Crippen LogP contribution in [0.2, 0.25) is 0 Å². The highest BCUT2D eigenvalue weighted by molar-refractivity contribution is 5.97. The minimum Gasteiger partial charge on any atom is -0.345 e. The molecule has 45 heavy (non-hydrogen) atoms. The van der Waals surface area contributed by atoms with E-state index in [4.69, 9.17) is 10.5 Å². The number of nitrogens with zero attached hydrogens (tertiary/aromatic N) is 2. The number of nitrogens with one attached hydrogen (secondary N) is 3. The number of hydrogen-bond donors (Lipinski definition) is 4. The predicted molar refractivity (Wildman–Crippen MR) is 170 cm³/mol. The van der Waals surface area contributed by atoms with Gasteiger partial charge < -0.3 is 36.2 Å². The third-order valence-electron chi connectivity index (χ3n) is 9.79. The Bertz CT molecular complexity index is 1140. The van der Waals surface area contributed by atoms with Gasteiger partial charge in [0.15, 0.2) is 11.9 Å². The first-order chi connectivity index (χ1) is 20.9. The highest BCUT2D eigenvalue weighted by Gasteiger charge is 2.49. The second-order valence-electron chi connectivity index (χ2n) is 16.2. The molecule has 0 aromatic heterocycles. The molecule has 0 spiro atoms. The van der Waals surface area contributed by atoms with E-state index in [1.165, 1.54) is 0 Å². The average Bonchev–Trinajstić information content (AvgIpc) is 3.76. The Morgan fingerprint density at radius 1 is 0.867 bits per heavy atom. The summed E-state index contributed by atoms with van der Waals surface area (Å²) >= 11 is 0. The normalized spacial score (nSPS) is 27.2. The standard InChI is InChI=1S/C33H56N6O6/c1-18(2)20-16-22(28(41)35-21(15-19-11-12-19)23(40)24-27(34)45-24)39(17-20)30(43)26(33(6,7)8)37-31(44)36-25(32(3,4)5)29(42)38-13-9-10-14-38/h18-22,24-27H,9-17,34H2,1-8H3,(H,35,41)(H2,36,37,44)/t20-,21?,22+,24?,25-,26-,27?/m1/s1. The molecular formula is C33H56N6O6. The van der Waals surface area contributed by atoms with Gasteiger partial charge in [-0.05, 0) is 54.3 Å². The molecule has 0 aromatic carbocycles. The van der Waals surface area contributed by atoms with E-state index in [1.807, 2.05) is 41.5 Å². The molecule has 5 N–H and O–H groups in total. The quantitative estimate of drug-likeness (QED) is 0.253. The maximum atomic E-state index is 14.3.